The predicted octanol–water partition coefficient (Wildman–Crippen LogP) is 6.02. The number of amides is 3. The maximum Gasteiger partial charge on any atom is 0.294 e. The maximum absolute atomic E-state index is 12.7. The first-order chi connectivity index (χ1) is 15.8. The number of aromatic nitrogens is 1. The van der Waals surface area contributed by atoms with Crippen molar-refractivity contribution in [3.8, 4) is 0 Å². The number of anilines is 1. The van der Waals surface area contributed by atoms with Crippen LogP contribution < -0.4 is 5.32 Å². The molecule has 0 radical (unpaired) electrons. The quantitative estimate of drug-likeness (QED) is 0.404. The van der Waals surface area contributed by atoms with E-state index in [1.807, 2.05) is 19.1 Å². The van der Waals surface area contributed by atoms with Gasteiger partial charge in [0.15, 0.2) is 5.13 Å². The molecule has 1 N–H and O–H groups in total. The molecule has 0 bridgehead atoms. The molecule has 1 saturated heterocycles. The maximum atomic E-state index is 12.7. The summed E-state index contributed by atoms with van der Waals surface area (Å²) >= 11 is 14.2. The molecule has 33 heavy (non-hydrogen) atoms. The van der Waals surface area contributed by atoms with Crippen LogP contribution in [0.2, 0.25) is 10.0 Å². The molecular weight excluding hydrogens is 501 g/mol. The lowest BCUT2D eigenvalue weighted by Gasteiger charge is -2.11. The van der Waals surface area contributed by atoms with Gasteiger partial charge < -0.3 is 5.32 Å². The number of aryl methyl sites for hydroxylation is 1. The van der Waals surface area contributed by atoms with E-state index in [4.69, 9.17) is 23.2 Å². The number of hydrogen-bond acceptors (Lipinski definition) is 6. The van der Waals surface area contributed by atoms with Gasteiger partial charge in [-0.3, -0.25) is 19.3 Å². The van der Waals surface area contributed by atoms with Crippen molar-refractivity contribution in [3.63, 3.8) is 0 Å². The van der Waals surface area contributed by atoms with E-state index in [0.29, 0.717) is 27.2 Å². The second-order valence-corrected chi connectivity index (χ2v) is 10.2. The van der Waals surface area contributed by atoms with Crippen molar-refractivity contribution >= 4 is 74.6 Å². The highest BCUT2D eigenvalue weighted by Crippen LogP contribution is 2.34. The number of halogens is 2. The topological polar surface area (TPSA) is 79.4 Å². The Morgan fingerprint density at radius 3 is 2.67 bits per heavy atom. The van der Waals surface area contributed by atoms with E-state index in [1.165, 1.54) is 23.0 Å². The van der Waals surface area contributed by atoms with Gasteiger partial charge >= 0.3 is 0 Å². The molecule has 0 spiro atoms. The molecule has 1 aromatic heterocycles. The molecule has 4 rings (SSSR count). The molecule has 3 aromatic rings. The Morgan fingerprint density at radius 1 is 1.15 bits per heavy atom. The first-order valence-corrected chi connectivity index (χ1v) is 12.2. The molecule has 3 amide bonds. The Hall–Kier alpha value is -2.65. The molecule has 0 aliphatic carbocycles. The minimum absolute atomic E-state index is 0.173. The van der Waals surface area contributed by atoms with Crippen LogP contribution in [0.1, 0.15) is 21.6 Å². The van der Waals surface area contributed by atoms with E-state index in [9.17, 15) is 14.4 Å². The average molecular weight is 518 g/mol. The standard InChI is InChI=1S/C23H17Cl2N3O3S2/c1-13-2-4-14(5-3-13)8-17-11-26-22(32-17)27-20(29)12-28-21(30)19(33-23(28)31)10-15-9-16(24)6-7-18(15)25/h2-7,9-11H,8,12H2,1H3,(H,26,27,29)/b19-10-. The van der Waals surface area contributed by atoms with Crippen LogP contribution in [-0.4, -0.2) is 33.5 Å². The summed E-state index contributed by atoms with van der Waals surface area (Å²) in [6.45, 7) is 1.63. The third-order valence-electron chi connectivity index (χ3n) is 4.72. The zero-order chi connectivity index (χ0) is 23.5. The number of rotatable bonds is 6. The van der Waals surface area contributed by atoms with E-state index in [2.05, 4.69) is 22.4 Å². The minimum atomic E-state index is -0.560. The van der Waals surface area contributed by atoms with Crippen molar-refractivity contribution in [1.82, 2.24) is 9.88 Å². The van der Waals surface area contributed by atoms with Crippen molar-refractivity contribution in [2.75, 3.05) is 11.9 Å². The third kappa shape index (κ3) is 5.83. The number of nitrogens with one attached hydrogen (secondary N) is 1. The number of benzene rings is 2. The Balaban J connectivity index is 1.38. The number of thiazole rings is 1. The number of thioether (sulfide) groups is 1. The van der Waals surface area contributed by atoms with Gasteiger partial charge in [0.25, 0.3) is 11.1 Å². The average Bonchev–Trinajstić information content (AvgIpc) is 3.31. The van der Waals surface area contributed by atoms with Crippen molar-refractivity contribution in [3.05, 3.63) is 85.2 Å². The largest absolute Gasteiger partial charge is 0.300 e. The lowest BCUT2D eigenvalue weighted by molar-refractivity contribution is -0.127. The molecule has 168 valence electrons. The van der Waals surface area contributed by atoms with Crippen LogP contribution in [0, 0.1) is 6.92 Å². The van der Waals surface area contributed by atoms with Gasteiger partial charge in [-0.2, -0.15) is 0 Å². The van der Waals surface area contributed by atoms with Gasteiger partial charge in [0.2, 0.25) is 5.91 Å². The molecule has 2 aromatic carbocycles. The highest BCUT2D eigenvalue weighted by molar-refractivity contribution is 8.18. The molecule has 1 aliphatic heterocycles. The van der Waals surface area contributed by atoms with Gasteiger partial charge in [0.05, 0.1) is 4.91 Å². The van der Waals surface area contributed by atoms with Gasteiger partial charge in [0, 0.05) is 27.5 Å². The van der Waals surface area contributed by atoms with E-state index in [0.717, 1.165) is 27.1 Å². The summed E-state index contributed by atoms with van der Waals surface area (Å²) in [5.74, 6) is -1.06. The fourth-order valence-corrected chi connectivity index (χ4v) is 5.10. The normalized spacial score (nSPS) is 14.9. The first-order valence-electron chi connectivity index (χ1n) is 9.79. The summed E-state index contributed by atoms with van der Waals surface area (Å²) in [5, 5.41) is 3.40. The van der Waals surface area contributed by atoms with Crippen LogP contribution in [0.4, 0.5) is 9.93 Å². The molecule has 6 nitrogen and oxygen atoms in total. The lowest BCUT2D eigenvalue weighted by atomic mass is 10.1. The van der Waals surface area contributed by atoms with E-state index < -0.39 is 23.6 Å². The van der Waals surface area contributed by atoms with Crippen LogP contribution in [-0.2, 0) is 16.0 Å². The molecular formula is C23H17Cl2N3O3S2. The van der Waals surface area contributed by atoms with Gasteiger partial charge in [-0.25, -0.2) is 4.98 Å². The SMILES string of the molecule is Cc1ccc(Cc2cnc(NC(=O)CN3C(=O)S/C(=C\c4cc(Cl)ccc4Cl)C3=O)s2)cc1. The van der Waals surface area contributed by atoms with Gasteiger partial charge in [-0.05, 0) is 54.1 Å². The zero-order valence-electron chi connectivity index (χ0n) is 17.3. The Bertz CT molecular complexity index is 1270. The van der Waals surface area contributed by atoms with E-state index >= 15 is 0 Å². The predicted molar refractivity (Wildman–Crippen MR) is 134 cm³/mol. The van der Waals surface area contributed by atoms with Gasteiger partial charge in [0.1, 0.15) is 6.54 Å². The number of imide groups is 1. The van der Waals surface area contributed by atoms with Crippen molar-refractivity contribution < 1.29 is 14.4 Å². The van der Waals surface area contributed by atoms with Crippen LogP contribution in [0.25, 0.3) is 6.08 Å². The second-order valence-electron chi connectivity index (χ2n) is 7.28. The second kappa shape index (κ2) is 10.1. The monoisotopic (exact) mass is 517 g/mol. The Labute approximate surface area is 208 Å². The van der Waals surface area contributed by atoms with Crippen molar-refractivity contribution in [2.45, 2.75) is 13.3 Å². The summed E-state index contributed by atoms with van der Waals surface area (Å²) in [7, 11) is 0. The lowest BCUT2D eigenvalue weighted by Crippen LogP contribution is -2.36. The summed E-state index contributed by atoms with van der Waals surface area (Å²) in [5.41, 5.74) is 2.85. The first kappa shape index (κ1) is 23.5. The Kier molecular flexibility index (Phi) is 7.19. The Morgan fingerprint density at radius 2 is 1.91 bits per heavy atom. The smallest absolute Gasteiger partial charge is 0.294 e. The van der Waals surface area contributed by atoms with Crippen LogP contribution >= 0.6 is 46.3 Å². The molecule has 0 atom stereocenters. The molecule has 2 heterocycles. The van der Waals surface area contributed by atoms with Crippen LogP contribution in [0.15, 0.2) is 53.6 Å². The van der Waals surface area contributed by atoms with E-state index in [-0.39, 0.29) is 4.91 Å². The van der Waals surface area contributed by atoms with Crippen LogP contribution in [0.3, 0.4) is 0 Å². The van der Waals surface area contributed by atoms with E-state index in [1.54, 1.807) is 24.4 Å². The third-order valence-corrected chi connectivity index (χ3v) is 7.12. The zero-order valence-corrected chi connectivity index (χ0v) is 20.4. The summed E-state index contributed by atoms with van der Waals surface area (Å²) in [6.07, 6.45) is 3.90. The highest BCUT2D eigenvalue weighted by atomic mass is 35.5. The number of hydrogen-bond donors (Lipinski definition) is 1. The molecule has 1 aliphatic rings. The van der Waals surface area contributed by atoms with Crippen molar-refractivity contribution in [1.29, 1.82) is 0 Å². The summed E-state index contributed by atoms with van der Waals surface area (Å²) in [6, 6.07) is 13.0. The van der Waals surface area contributed by atoms with Gasteiger partial charge in [-0.15, -0.1) is 11.3 Å². The van der Waals surface area contributed by atoms with Gasteiger partial charge in [-0.1, -0.05) is 53.0 Å². The van der Waals surface area contributed by atoms with Crippen molar-refractivity contribution in [2.24, 2.45) is 0 Å². The molecule has 10 heteroatoms. The number of carbonyl (C=O) groups is 3. The fourth-order valence-electron chi connectivity index (χ4n) is 3.06. The summed E-state index contributed by atoms with van der Waals surface area (Å²) < 4.78 is 0. The molecule has 0 saturated carbocycles. The number of carbonyl (C=O) groups excluding carboxylic acids is 3. The minimum Gasteiger partial charge on any atom is -0.300 e. The summed E-state index contributed by atoms with van der Waals surface area (Å²) in [4.78, 5) is 43.8. The highest BCUT2D eigenvalue weighted by Gasteiger charge is 2.36. The fraction of sp³-hybridized carbons (Fsp3) is 0.130. The van der Waals surface area contributed by atoms with Crippen LogP contribution in [0.5, 0.6) is 0 Å². The molecule has 1 fully saturated rings. The molecule has 0 unspecified atom stereocenters. The number of nitrogens with zero attached hydrogens (tertiary/aromatic N) is 2.